The average Bonchev–Trinajstić information content (AvgIpc) is 2.99. The van der Waals surface area contributed by atoms with Crippen molar-refractivity contribution >= 4 is 18.3 Å². The molecular weight excluding hydrogens is 304 g/mol. The number of halogens is 1. The third kappa shape index (κ3) is 4.87. The van der Waals surface area contributed by atoms with Gasteiger partial charge in [0.05, 0.1) is 19.3 Å². The van der Waals surface area contributed by atoms with E-state index in [1.807, 2.05) is 24.3 Å². The number of ether oxygens (including phenoxy) is 2. The minimum absolute atomic E-state index is 0. The average molecular weight is 329 g/mol. The molecule has 0 bridgehead atoms. The van der Waals surface area contributed by atoms with Gasteiger partial charge in [0.2, 0.25) is 5.91 Å². The summed E-state index contributed by atoms with van der Waals surface area (Å²) in [7, 11) is 1.64. The number of rotatable bonds is 6. The summed E-state index contributed by atoms with van der Waals surface area (Å²) in [5.41, 5.74) is 6.75. The van der Waals surface area contributed by atoms with Crippen LogP contribution in [0.2, 0.25) is 0 Å². The van der Waals surface area contributed by atoms with Crippen molar-refractivity contribution in [3.63, 3.8) is 0 Å². The Kier molecular flexibility index (Phi) is 7.65. The van der Waals surface area contributed by atoms with Crippen molar-refractivity contribution in [2.24, 2.45) is 5.73 Å². The molecule has 0 aliphatic carbocycles. The summed E-state index contributed by atoms with van der Waals surface area (Å²) in [6, 6.07) is 7.21. The van der Waals surface area contributed by atoms with Crippen molar-refractivity contribution in [1.29, 1.82) is 0 Å². The molecular formula is C16H25ClN2O3. The zero-order valence-electron chi connectivity index (χ0n) is 13.2. The van der Waals surface area contributed by atoms with E-state index in [1.165, 1.54) is 0 Å². The lowest BCUT2D eigenvalue weighted by Crippen LogP contribution is -2.44. The predicted molar refractivity (Wildman–Crippen MR) is 88.3 cm³/mol. The predicted octanol–water partition coefficient (Wildman–Crippen LogP) is 1.97. The molecule has 2 rings (SSSR count). The van der Waals surface area contributed by atoms with Gasteiger partial charge in [0.15, 0.2) is 0 Å². The van der Waals surface area contributed by atoms with Crippen LogP contribution < -0.4 is 10.5 Å². The third-order valence-corrected chi connectivity index (χ3v) is 3.70. The fourth-order valence-electron chi connectivity index (χ4n) is 2.59. The van der Waals surface area contributed by atoms with Gasteiger partial charge in [0.1, 0.15) is 5.75 Å². The van der Waals surface area contributed by atoms with Gasteiger partial charge in [-0.2, -0.15) is 0 Å². The summed E-state index contributed by atoms with van der Waals surface area (Å²) in [5, 5.41) is 0. The van der Waals surface area contributed by atoms with Gasteiger partial charge in [-0.3, -0.25) is 4.79 Å². The lowest BCUT2D eigenvalue weighted by atomic mass is 10.1. The second-order valence-electron chi connectivity index (χ2n) is 5.45. The van der Waals surface area contributed by atoms with Gasteiger partial charge in [0, 0.05) is 25.3 Å². The van der Waals surface area contributed by atoms with E-state index in [9.17, 15) is 4.79 Å². The van der Waals surface area contributed by atoms with Gasteiger partial charge in [0.25, 0.3) is 0 Å². The number of benzene rings is 1. The first-order chi connectivity index (χ1) is 10.1. The third-order valence-electron chi connectivity index (χ3n) is 3.70. The molecule has 0 radical (unpaired) electrons. The Balaban J connectivity index is 0.00000242. The highest BCUT2D eigenvalue weighted by Crippen LogP contribution is 2.21. The molecule has 124 valence electrons. The lowest BCUT2D eigenvalue weighted by Gasteiger charge is -2.27. The van der Waals surface area contributed by atoms with Crippen LogP contribution in [0.1, 0.15) is 25.3 Å². The number of carbonyl (C=O) groups excluding carboxylic acids is 1. The first-order valence-corrected chi connectivity index (χ1v) is 7.39. The molecule has 6 heteroatoms. The van der Waals surface area contributed by atoms with E-state index in [0.29, 0.717) is 13.1 Å². The first kappa shape index (κ1) is 18.7. The van der Waals surface area contributed by atoms with Gasteiger partial charge in [-0.1, -0.05) is 18.2 Å². The Morgan fingerprint density at radius 2 is 2.23 bits per heavy atom. The number of amides is 1. The standard InChI is InChI=1S/C16H24N2O3.ClH/c1-12(17)16(19)18(11-14-7-5-9-21-14)10-13-6-3-4-8-15(13)20-2;/h3-4,6,8,12,14H,5,7,9-11,17H2,1-2H3;1H/t12-,14?;/m0./s1. The maximum absolute atomic E-state index is 12.3. The number of nitrogens with two attached hydrogens (primary N) is 1. The molecule has 22 heavy (non-hydrogen) atoms. The SMILES string of the molecule is COc1ccccc1CN(CC1CCCO1)C(=O)[C@H](C)N.Cl. The quantitative estimate of drug-likeness (QED) is 0.867. The topological polar surface area (TPSA) is 64.8 Å². The Hall–Kier alpha value is -1.30. The molecule has 1 aliphatic heterocycles. The van der Waals surface area contributed by atoms with Gasteiger partial charge < -0.3 is 20.1 Å². The molecule has 0 aromatic heterocycles. The Morgan fingerprint density at radius 1 is 1.50 bits per heavy atom. The molecule has 1 aromatic carbocycles. The summed E-state index contributed by atoms with van der Waals surface area (Å²) in [6.45, 7) is 3.56. The van der Waals surface area contributed by atoms with Crippen LogP contribution in [0.5, 0.6) is 5.75 Å². The molecule has 0 spiro atoms. The number of hydrogen-bond acceptors (Lipinski definition) is 4. The normalized spacial score (nSPS) is 18.4. The highest BCUT2D eigenvalue weighted by Gasteiger charge is 2.25. The van der Waals surface area contributed by atoms with Crippen molar-refractivity contribution in [1.82, 2.24) is 4.90 Å². The zero-order chi connectivity index (χ0) is 15.2. The maximum Gasteiger partial charge on any atom is 0.239 e. The van der Waals surface area contributed by atoms with Crippen LogP contribution in [-0.2, 0) is 16.1 Å². The maximum atomic E-state index is 12.3. The van der Waals surface area contributed by atoms with Crippen molar-refractivity contribution in [3.8, 4) is 5.75 Å². The summed E-state index contributed by atoms with van der Waals surface area (Å²) >= 11 is 0. The second kappa shape index (κ2) is 8.98. The van der Waals surface area contributed by atoms with E-state index in [1.54, 1.807) is 18.9 Å². The highest BCUT2D eigenvalue weighted by molar-refractivity contribution is 5.85. The molecule has 2 N–H and O–H groups in total. The molecule has 1 saturated heterocycles. The Labute approximate surface area is 138 Å². The molecule has 2 atom stereocenters. The molecule has 1 unspecified atom stereocenters. The number of hydrogen-bond donors (Lipinski definition) is 1. The number of nitrogens with zero attached hydrogens (tertiary/aromatic N) is 1. The van der Waals surface area contributed by atoms with Crippen LogP contribution >= 0.6 is 12.4 Å². The van der Waals surface area contributed by atoms with E-state index in [2.05, 4.69) is 0 Å². The molecule has 1 heterocycles. The minimum Gasteiger partial charge on any atom is -0.496 e. The molecule has 0 saturated carbocycles. The van der Waals surface area contributed by atoms with Gasteiger partial charge in [-0.25, -0.2) is 0 Å². The second-order valence-corrected chi connectivity index (χ2v) is 5.45. The van der Waals surface area contributed by atoms with Gasteiger partial charge in [-0.15, -0.1) is 12.4 Å². The van der Waals surface area contributed by atoms with Crippen LogP contribution in [-0.4, -0.2) is 43.2 Å². The van der Waals surface area contributed by atoms with Gasteiger partial charge >= 0.3 is 0 Å². The van der Waals surface area contributed by atoms with Crippen LogP contribution in [0, 0.1) is 0 Å². The minimum atomic E-state index is -0.513. The number of para-hydroxylation sites is 1. The molecule has 1 aliphatic rings. The first-order valence-electron chi connectivity index (χ1n) is 7.39. The summed E-state index contributed by atoms with van der Waals surface area (Å²) in [6.07, 6.45) is 2.16. The van der Waals surface area contributed by atoms with E-state index in [4.69, 9.17) is 15.2 Å². The molecule has 5 nitrogen and oxygen atoms in total. The number of carbonyl (C=O) groups is 1. The molecule has 1 amide bonds. The summed E-state index contributed by atoms with van der Waals surface area (Å²) in [4.78, 5) is 14.1. The van der Waals surface area contributed by atoms with Crippen molar-refractivity contribution in [3.05, 3.63) is 29.8 Å². The van der Waals surface area contributed by atoms with E-state index >= 15 is 0 Å². The Morgan fingerprint density at radius 3 is 2.82 bits per heavy atom. The largest absolute Gasteiger partial charge is 0.496 e. The van der Waals surface area contributed by atoms with E-state index in [-0.39, 0.29) is 24.4 Å². The van der Waals surface area contributed by atoms with Gasteiger partial charge in [-0.05, 0) is 25.8 Å². The zero-order valence-corrected chi connectivity index (χ0v) is 14.0. The van der Waals surface area contributed by atoms with Crippen LogP contribution in [0.25, 0.3) is 0 Å². The van der Waals surface area contributed by atoms with Crippen molar-refractivity contribution in [2.75, 3.05) is 20.3 Å². The lowest BCUT2D eigenvalue weighted by molar-refractivity contribution is -0.134. The van der Waals surface area contributed by atoms with Crippen molar-refractivity contribution < 1.29 is 14.3 Å². The van der Waals surface area contributed by atoms with Crippen LogP contribution in [0.4, 0.5) is 0 Å². The fourth-order valence-corrected chi connectivity index (χ4v) is 2.59. The Bertz CT molecular complexity index is 476. The summed E-state index contributed by atoms with van der Waals surface area (Å²) < 4.78 is 11.0. The summed E-state index contributed by atoms with van der Waals surface area (Å²) in [5.74, 6) is 0.726. The molecule has 1 aromatic rings. The number of methoxy groups -OCH3 is 1. The molecule has 1 fully saturated rings. The van der Waals surface area contributed by atoms with Crippen LogP contribution in [0.15, 0.2) is 24.3 Å². The van der Waals surface area contributed by atoms with Crippen LogP contribution in [0.3, 0.4) is 0 Å². The van der Waals surface area contributed by atoms with E-state index in [0.717, 1.165) is 30.8 Å². The smallest absolute Gasteiger partial charge is 0.239 e. The fraction of sp³-hybridized carbons (Fsp3) is 0.562. The van der Waals surface area contributed by atoms with E-state index < -0.39 is 6.04 Å². The highest BCUT2D eigenvalue weighted by atomic mass is 35.5. The monoisotopic (exact) mass is 328 g/mol. The van der Waals surface area contributed by atoms with Crippen molar-refractivity contribution in [2.45, 2.75) is 38.5 Å².